The highest BCUT2D eigenvalue weighted by atomic mass is 16.4. The second-order valence-corrected chi connectivity index (χ2v) is 4.20. The minimum atomic E-state index is -1.03. The van der Waals surface area contributed by atoms with Crippen LogP contribution in [0.25, 0.3) is 16.9 Å². The first-order valence-corrected chi connectivity index (χ1v) is 5.67. The molecule has 2 aromatic heterocycles. The monoisotopic (exact) mass is 257 g/mol. The highest BCUT2D eigenvalue weighted by Crippen LogP contribution is 2.21. The van der Waals surface area contributed by atoms with Crippen LogP contribution in [0.2, 0.25) is 0 Å². The van der Waals surface area contributed by atoms with Crippen molar-refractivity contribution in [1.82, 2.24) is 24.8 Å². The van der Waals surface area contributed by atoms with E-state index in [0.29, 0.717) is 17.0 Å². The highest BCUT2D eigenvalue weighted by molar-refractivity contribution is 5.93. The number of rotatable bonds is 2. The standard InChI is InChI=1S/C12H11N5O2/c1-7-10(12(18)19)11(16(2)14-7)17-9-6-4-3-5-8(9)13-15-17/h3-6H,1-2H3,(H,18,19). The number of hydrogen-bond acceptors (Lipinski definition) is 4. The van der Waals surface area contributed by atoms with Crippen molar-refractivity contribution >= 4 is 17.0 Å². The van der Waals surface area contributed by atoms with E-state index in [2.05, 4.69) is 15.4 Å². The fourth-order valence-corrected chi connectivity index (χ4v) is 2.16. The van der Waals surface area contributed by atoms with Crippen molar-refractivity contribution in [2.45, 2.75) is 6.92 Å². The predicted molar refractivity (Wildman–Crippen MR) is 67.3 cm³/mol. The Labute approximate surface area is 108 Å². The average molecular weight is 257 g/mol. The molecule has 0 saturated heterocycles. The molecule has 19 heavy (non-hydrogen) atoms. The molecule has 0 aliphatic rings. The summed E-state index contributed by atoms with van der Waals surface area (Å²) in [5.41, 5.74) is 2.04. The van der Waals surface area contributed by atoms with E-state index < -0.39 is 5.97 Å². The van der Waals surface area contributed by atoms with Crippen molar-refractivity contribution in [3.8, 4) is 5.82 Å². The third-order valence-electron chi connectivity index (χ3n) is 2.96. The molecule has 2 heterocycles. The molecule has 96 valence electrons. The van der Waals surface area contributed by atoms with E-state index in [9.17, 15) is 9.90 Å². The summed E-state index contributed by atoms with van der Waals surface area (Å²) in [6.45, 7) is 1.66. The summed E-state index contributed by atoms with van der Waals surface area (Å²) < 4.78 is 3.00. The van der Waals surface area contributed by atoms with Crippen molar-refractivity contribution in [3.05, 3.63) is 35.5 Å². The van der Waals surface area contributed by atoms with E-state index in [1.54, 1.807) is 14.0 Å². The zero-order chi connectivity index (χ0) is 13.6. The lowest BCUT2D eigenvalue weighted by Gasteiger charge is -2.04. The van der Waals surface area contributed by atoms with Gasteiger partial charge in [0.15, 0.2) is 5.82 Å². The maximum Gasteiger partial charge on any atom is 0.341 e. The molecule has 0 fully saturated rings. The third-order valence-corrected chi connectivity index (χ3v) is 2.96. The van der Waals surface area contributed by atoms with E-state index >= 15 is 0 Å². The van der Waals surface area contributed by atoms with Gasteiger partial charge in [0.1, 0.15) is 11.1 Å². The topological polar surface area (TPSA) is 85.8 Å². The summed E-state index contributed by atoms with van der Waals surface area (Å²) in [5, 5.41) is 21.5. The van der Waals surface area contributed by atoms with Crippen LogP contribution < -0.4 is 0 Å². The van der Waals surface area contributed by atoms with Crippen LogP contribution in [0.4, 0.5) is 0 Å². The maximum atomic E-state index is 11.4. The zero-order valence-corrected chi connectivity index (χ0v) is 10.4. The van der Waals surface area contributed by atoms with Gasteiger partial charge in [-0.2, -0.15) is 9.78 Å². The molecule has 0 saturated carbocycles. The van der Waals surface area contributed by atoms with Gasteiger partial charge in [0, 0.05) is 7.05 Å². The Hall–Kier alpha value is -2.70. The van der Waals surface area contributed by atoms with Crippen LogP contribution in [0.1, 0.15) is 16.1 Å². The number of carbonyl (C=O) groups is 1. The highest BCUT2D eigenvalue weighted by Gasteiger charge is 2.23. The Bertz CT molecular complexity index is 787. The van der Waals surface area contributed by atoms with Gasteiger partial charge in [-0.25, -0.2) is 9.48 Å². The van der Waals surface area contributed by atoms with Gasteiger partial charge in [-0.3, -0.25) is 0 Å². The van der Waals surface area contributed by atoms with Crippen LogP contribution in [-0.4, -0.2) is 35.9 Å². The summed E-state index contributed by atoms with van der Waals surface area (Å²) in [4.78, 5) is 11.4. The molecule has 1 N–H and O–H groups in total. The lowest BCUT2D eigenvalue weighted by Crippen LogP contribution is -2.10. The first kappa shape index (κ1) is 11.4. The molecule has 0 spiro atoms. The van der Waals surface area contributed by atoms with E-state index in [1.165, 1.54) is 9.36 Å². The molecule has 0 atom stereocenters. The minimum absolute atomic E-state index is 0.137. The van der Waals surface area contributed by atoms with Gasteiger partial charge in [-0.1, -0.05) is 17.3 Å². The number of benzene rings is 1. The molecular weight excluding hydrogens is 246 g/mol. The number of nitrogens with zero attached hydrogens (tertiary/aromatic N) is 5. The summed E-state index contributed by atoms with van der Waals surface area (Å²) in [5.74, 6) is -0.626. The molecule has 0 unspecified atom stereocenters. The number of aromatic nitrogens is 5. The molecule has 0 aliphatic heterocycles. The third kappa shape index (κ3) is 1.59. The Morgan fingerprint density at radius 1 is 1.32 bits per heavy atom. The molecule has 0 bridgehead atoms. The number of fused-ring (bicyclic) bond motifs is 1. The lowest BCUT2D eigenvalue weighted by atomic mass is 10.2. The van der Waals surface area contributed by atoms with Crippen molar-refractivity contribution in [2.24, 2.45) is 7.05 Å². The van der Waals surface area contributed by atoms with Gasteiger partial charge in [0.25, 0.3) is 0 Å². The van der Waals surface area contributed by atoms with Gasteiger partial charge < -0.3 is 5.11 Å². The lowest BCUT2D eigenvalue weighted by molar-refractivity contribution is 0.0696. The molecule has 0 aliphatic carbocycles. The molecule has 3 aromatic rings. The fraction of sp³-hybridized carbons (Fsp3) is 0.167. The molecule has 0 radical (unpaired) electrons. The Morgan fingerprint density at radius 3 is 2.79 bits per heavy atom. The Balaban J connectivity index is 2.36. The second kappa shape index (κ2) is 3.91. The second-order valence-electron chi connectivity index (χ2n) is 4.20. The van der Waals surface area contributed by atoms with Crippen LogP contribution in [0.5, 0.6) is 0 Å². The van der Waals surface area contributed by atoms with Gasteiger partial charge in [0.05, 0.1) is 11.2 Å². The normalized spacial score (nSPS) is 11.1. The van der Waals surface area contributed by atoms with Crippen LogP contribution >= 0.6 is 0 Å². The van der Waals surface area contributed by atoms with Crippen molar-refractivity contribution in [1.29, 1.82) is 0 Å². The quantitative estimate of drug-likeness (QED) is 0.744. The van der Waals surface area contributed by atoms with Crippen molar-refractivity contribution in [2.75, 3.05) is 0 Å². The average Bonchev–Trinajstić information content (AvgIpc) is 2.89. The van der Waals surface area contributed by atoms with E-state index in [1.807, 2.05) is 24.3 Å². The summed E-state index contributed by atoms with van der Waals surface area (Å²) in [7, 11) is 1.69. The number of carboxylic acid groups (broad SMARTS) is 1. The van der Waals surface area contributed by atoms with Crippen LogP contribution in [-0.2, 0) is 7.05 Å². The maximum absolute atomic E-state index is 11.4. The zero-order valence-electron chi connectivity index (χ0n) is 10.4. The number of aryl methyl sites for hydroxylation is 2. The van der Waals surface area contributed by atoms with E-state index in [-0.39, 0.29) is 5.56 Å². The summed E-state index contributed by atoms with van der Waals surface area (Å²) in [6.07, 6.45) is 0. The number of aromatic carboxylic acids is 1. The number of carboxylic acids is 1. The molecule has 0 amide bonds. The minimum Gasteiger partial charge on any atom is -0.477 e. The summed E-state index contributed by atoms with van der Waals surface area (Å²) >= 11 is 0. The van der Waals surface area contributed by atoms with Gasteiger partial charge >= 0.3 is 5.97 Å². The molecule has 7 heteroatoms. The van der Waals surface area contributed by atoms with Gasteiger partial charge in [-0.15, -0.1) is 5.10 Å². The SMILES string of the molecule is Cc1nn(C)c(-n2nnc3ccccc32)c1C(=O)O. The molecule has 1 aromatic carbocycles. The Kier molecular flexibility index (Phi) is 2.34. The van der Waals surface area contributed by atoms with Gasteiger partial charge in [-0.05, 0) is 19.1 Å². The van der Waals surface area contributed by atoms with Crippen molar-refractivity contribution < 1.29 is 9.90 Å². The number of para-hydroxylation sites is 1. The van der Waals surface area contributed by atoms with Crippen LogP contribution in [0.15, 0.2) is 24.3 Å². The Morgan fingerprint density at radius 2 is 2.05 bits per heavy atom. The fourth-order valence-electron chi connectivity index (χ4n) is 2.16. The number of hydrogen-bond donors (Lipinski definition) is 1. The first-order chi connectivity index (χ1) is 9.09. The molecular formula is C12H11N5O2. The van der Waals surface area contributed by atoms with Crippen molar-refractivity contribution in [3.63, 3.8) is 0 Å². The summed E-state index contributed by atoms with van der Waals surface area (Å²) in [6, 6.07) is 7.37. The largest absolute Gasteiger partial charge is 0.477 e. The first-order valence-electron chi connectivity index (χ1n) is 5.67. The van der Waals surface area contributed by atoms with Crippen LogP contribution in [0.3, 0.4) is 0 Å². The van der Waals surface area contributed by atoms with Gasteiger partial charge in [0.2, 0.25) is 0 Å². The smallest absolute Gasteiger partial charge is 0.341 e. The van der Waals surface area contributed by atoms with E-state index in [0.717, 1.165) is 5.52 Å². The van der Waals surface area contributed by atoms with Crippen LogP contribution in [0, 0.1) is 6.92 Å². The predicted octanol–water partition coefficient (Wildman–Crippen LogP) is 1.16. The van der Waals surface area contributed by atoms with E-state index in [4.69, 9.17) is 0 Å². The molecule has 3 rings (SSSR count). The molecule has 7 nitrogen and oxygen atoms in total.